The molecule has 2 rings (SSSR count). The van der Waals surface area contributed by atoms with E-state index in [2.05, 4.69) is 5.32 Å². The summed E-state index contributed by atoms with van der Waals surface area (Å²) in [6.45, 7) is 0. The van der Waals surface area contributed by atoms with Crippen molar-refractivity contribution < 1.29 is 9.90 Å². The molecule has 2 N–H and O–H groups in total. The molecular formula is C13H17NO2S. The number of amides is 1. The summed E-state index contributed by atoms with van der Waals surface area (Å²) in [4.78, 5) is 11.7. The van der Waals surface area contributed by atoms with Crippen LogP contribution in [0, 0.1) is 0 Å². The zero-order chi connectivity index (χ0) is 12.1. The molecule has 1 saturated heterocycles. The number of phenols is 1. The lowest BCUT2D eigenvalue weighted by Gasteiger charge is -2.11. The third kappa shape index (κ3) is 3.97. The lowest BCUT2D eigenvalue weighted by atomic mass is 10.1. The average molecular weight is 251 g/mol. The van der Waals surface area contributed by atoms with Gasteiger partial charge in [0, 0.05) is 18.2 Å². The Hall–Kier alpha value is -1.16. The third-order valence-electron chi connectivity index (χ3n) is 2.85. The Morgan fingerprint density at radius 2 is 2.41 bits per heavy atom. The molecule has 0 radical (unpaired) electrons. The Bertz CT molecular complexity index is 389. The van der Waals surface area contributed by atoms with Gasteiger partial charge in [0.1, 0.15) is 5.75 Å². The molecule has 0 spiro atoms. The number of hydrogen-bond donors (Lipinski definition) is 2. The fraction of sp³-hybridized carbons (Fsp3) is 0.462. The van der Waals surface area contributed by atoms with Gasteiger partial charge in [-0.15, -0.1) is 0 Å². The van der Waals surface area contributed by atoms with Gasteiger partial charge in [0.05, 0.1) is 0 Å². The van der Waals surface area contributed by atoms with Gasteiger partial charge in [0.15, 0.2) is 0 Å². The predicted octanol–water partition coefficient (Wildman–Crippen LogP) is 1.95. The molecule has 92 valence electrons. The first kappa shape index (κ1) is 12.3. The zero-order valence-electron chi connectivity index (χ0n) is 9.69. The average Bonchev–Trinajstić information content (AvgIpc) is 2.79. The Morgan fingerprint density at radius 3 is 3.12 bits per heavy atom. The topological polar surface area (TPSA) is 49.3 Å². The van der Waals surface area contributed by atoms with Gasteiger partial charge in [-0.25, -0.2) is 0 Å². The second kappa shape index (κ2) is 5.96. The summed E-state index contributed by atoms with van der Waals surface area (Å²) < 4.78 is 0. The summed E-state index contributed by atoms with van der Waals surface area (Å²) in [7, 11) is 0. The number of carbonyl (C=O) groups excluding carboxylic acids is 1. The number of aryl methyl sites for hydroxylation is 1. The standard InChI is InChI=1S/C13H17NO2S/c15-12-3-1-2-10(8-12)4-5-13(16)14-11-6-7-17-9-11/h1-3,8,11,15H,4-7,9H2,(H,14,16). The van der Waals surface area contributed by atoms with Crippen LogP contribution in [0.15, 0.2) is 24.3 Å². The first-order valence-corrected chi connectivity index (χ1v) is 7.04. The molecule has 3 nitrogen and oxygen atoms in total. The van der Waals surface area contributed by atoms with E-state index in [9.17, 15) is 9.90 Å². The third-order valence-corrected chi connectivity index (χ3v) is 4.01. The highest BCUT2D eigenvalue weighted by Crippen LogP contribution is 2.17. The van der Waals surface area contributed by atoms with Crippen LogP contribution in [0.4, 0.5) is 0 Å². The zero-order valence-corrected chi connectivity index (χ0v) is 10.5. The minimum atomic E-state index is 0.112. The highest BCUT2D eigenvalue weighted by molar-refractivity contribution is 7.99. The molecule has 0 aromatic heterocycles. The van der Waals surface area contributed by atoms with E-state index in [1.54, 1.807) is 18.2 Å². The molecule has 1 amide bonds. The maximum absolute atomic E-state index is 11.7. The van der Waals surface area contributed by atoms with Crippen LogP contribution in [0.5, 0.6) is 5.75 Å². The predicted molar refractivity (Wildman–Crippen MR) is 70.3 cm³/mol. The maximum atomic E-state index is 11.7. The number of rotatable bonds is 4. The van der Waals surface area contributed by atoms with Crippen LogP contribution in [-0.2, 0) is 11.2 Å². The molecule has 1 fully saturated rings. The van der Waals surface area contributed by atoms with Crippen molar-refractivity contribution in [1.82, 2.24) is 5.32 Å². The number of thioether (sulfide) groups is 1. The van der Waals surface area contributed by atoms with Crippen molar-refractivity contribution in [3.05, 3.63) is 29.8 Å². The molecule has 1 unspecified atom stereocenters. The molecule has 1 aliphatic heterocycles. The Kier molecular flexibility index (Phi) is 4.31. The van der Waals surface area contributed by atoms with Gasteiger partial charge >= 0.3 is 0 Å². The first-order valence-electron chi connectivity index (χ1n) is 5.89. The van der Waals surface area contributed by atoms with Crippen LogP contribution in [0.1, 0.15) is 18.4 Å². The minimum absolute atomic E-state index is 0.112. The lowest BCUT2D eigenvalue weighted by molar-refractivity contribution is -0.121. The SMILES string of the molecule is O=C(CCc1cccc(O)c1)NC1CCSC1. The maximum Gasteiger partial charge on any atom is 0.220 e. The highest BCUT2D eigenvalue weighted by Gasteiger charge is 2.17. The van der Waals surface area contributed by atoms with Gasteiger partial charge in [-0.2, -0.15) is 11.8 Å². The minimum Gasteiger partial charge on any atom is -0.508 e. The molecule has 1 heterocycles. The summed E-state index contributed by atoms with van der Waals surface area (Å²) in [6, 6.07) is 7.43. The van der Waals surface area contributed by atoms with Crippen molar-refractivity contribution in [3.63, 3.8) is 0 Å². The van der Waals surface area contributed by atoms with E-state index in [0.29, 0.717) is 18.9 Å². The van der Waals surface area contributed by atoms with Gasteiger partial charge in [-0.1, -0.05) is 12.1 Å². The van der Waals surface area contributed by atoms with Gasteiger partial charge < -0.3 is 10.4 Å². The number of hydrogen-bond acceptors (Lipinski definition) is 3. The molecule has 1 aliphatic rings. The van der Waals surface area contributed by atoms with E-state index in [1.807, 2.05) is 17.8 Å². The van der Waals surface area contributed by atoms with Crippen LogP contribution >= 0.6 is 11.8 Å². The van der Waals surface area contributed by atoms with Crippen molar-refractivity contribution in [2.75, 3.05) is 11.5 Å². The summed E-state index contributed by atoms with van der Waals surface area (Å²) in [6.07, 6.45) is 2.26. The fourth-order valence-electron chi connectivity index (χ4n) is 1.92. The summed E-state index contributed by atoms with van der Waals surface area (Å²) >= 11 is 1.89. The monoisotopic (exact) mass is 251 g/mol. The summed E-state index contributed by atoms with van der Waals surface area (Å²) in [5, 5.41) is 12.3. The van der Waals surface area contributed by atoms with Crippen LogP contribution < -0.4 is 5.32 Å². The van der Waals surface area contributed by atoms with Crippen molar-refractivity contribution in [2.24, 2.45) is 0 Å². The Morgan fingerprint density at radius 1 is 1.53 bits per heavy atom. The lowest BCUT2D eigenvalue weighted by Crippen LogP contribution is -2.34. The largest absolute Gasteiger partial charge is 0.508 e. The molecule has 1 atom stereocenters. The van der Waals surface area contributed by atoms with E-state index < -0.39 is 0 Å². The second-order valence-electron chi connectivity index (χ2n) is 4.30. The van der Waals surface area contributed by atoms with Crippen LogP contribution in [0.3, 0.4) is 0 Å². The van der Waals surface area contributed by atoms with Crippen LogP contribution in [-0.4, -0.2) is 28.6 Å². The normalized spacial score (nSPS) is 19.2. The number of nitrogens with one attached hydrogen (secondary N) is 1. The van der Waals surface area contributed by atoms with Crippen LogP contribution in [0.2, 0.25) is 0 Å². The molecule has 0 bridgehead atoms. The van der Waals surface area contributed by atoms with E-state index in [4.69, 9.17) is 0 Å². The molecular weight excluding hydrogens is 234 g/mol. The molecule has 1 aromatic rings. The van der Waals surface area contributed by atoms with E-state index in [0.717, 1.165) is 23.5 Å². The number of aromatic hydroxyl groups is 1. The quantitative estimate of drug-likeness (QED) is 0.860. The molecule has 4 heteroatoms. The van der Waals surface area contributed by atoms with E-state index in [1.165, 1.54) is 0 Å². The van der Waals surface area contributed by atoms with Crippen molar-refractivity contribution in [2.45, 2.75) is 25.3 Å². The molecule has 17 heavy (non-hydrogen) atoms. The Labute approximate surface area is 106 Å². The van der Waals surface area contributed by atoms with Gasteiger partial charge in [-0.05, 0) is 36.3 Å². The number of carbonyl (C=O) groups is 1. The van der Waals surface area contributed by atoms with Gasteiger partial charge in [0.25, 0.3) is 0 Å². The van der Waals surface area contributed by atoms with Crippen LogP contribution in [0.25, 0.3) is 0 Å². The molecule has 1 aromatic carbocycles. The van der Waals surface area contributed by atoms with Crippen molar-refractivity contribution >= 4 is 17.7 Å². The van der Waals surface area contributed by atoms with Gasteiger partial charge in [0.2, 0.25) is 5.91 Å². The fourth-order valence-corrected chi connectivity index (χ4v) is 3.07. The van der Waals surface area contributed by atoms with E-state index in [-0.39, 0.29) is 11.7 Å². The first-order chi connectivity index (χ1) is 8.24. The molecule has 0 saturated carbocycles. The summed E-state index contributed by atoms with van der Waals surface area (Å²) in [5.41, 5.74) is 1.00. The van der Waals surface area contributed by atoms with Crippen molar-refractivity contribution in [3.8, 4) is 5.75 Å². The van der Waals surface area contributed by atoms with Crippen molar-refractivity contribution in [1.29, 1.82) is 0 Å². The number of benzene rings is 1. The number of phenolic OH excluding ortho intramolecular Hbond substituents is 1. The summed E-state index contributed by atoms with van der Waals surface area (Å²) in [5.74, 6) is 2.56. The highest BCUT2D eigenvalue weighted by atomic mass is 32.2. The second-order valence-corrected chi connectivity index (χ2v) is 5.45. The van der Waals surface area contributed by atoms with E-state index >= 15 is 0 Å². The van der Waals surface area contributed by atoms with Gasteiger partial charge in [-0.3, -0.25) is 4.79 Å². The molecule has 0 aliphatic carbocycles. The smallest absolute Gasteiger partial charge is 0.220 e. The Balaban J connectivity index is 1.75.